The summed E-state index contributed by atoms with van der Waals surface area (Å²) in [6, 6.07) is 10.1. The van der Waals surface area contributed by atoms with Crippen LogP contribution in [-0.2, 0) is 6.42 Å². The summed E-state index contributed by atoms with van der Waals surface area (Å²) in [7, 11) is 1.68. The van der Waals surface area contributed by atoms with Crippen LogP contribution in [0.1, 0.15) is 5.56 Å². The molecule has 0 aliphatic carbocycles. The first-order chi connectivity index (χ1) is 8.79. The highest BCUT2D eigenvalue weighted by atomic mass is 32.2. The number of methoxy groups -OCH3 is 1. The molecule has 0 atom stereocenters. The minimum Gasteiger partial charge on any atom is -0.497 e. The lowest BCUT2D eigenvalue weighted by atomic mass is 10.2. The maximum Gasteiger partial charge on any atom is 0.118 e. The van der Waals surface area contributed by atoms with Crippen molar-refractivity contribution in [2.24, 2.45) is 0 Å². The number of benzene rings is 1. The Morgan fingerprint density at radius 2 is 2.00 bits per heavy atom. The molecule has 0 bridgehead atoms. The maximum atomic E-state index is 5.84. The molecule has 1 heterocycles. The van der Waals surface area contributed by atoms with Crippen LogP contribution in [0.25, 0.3) is 0 Å². The molecule has 0 spiro atoms. The third-order valence-electron chi connectivity index (χ3n) is 2.62. The first kappa shape index (κ1) is 12.8. The van der Waals surface area contributed by atoms with Gasteiger partial charge in [-0.2, -0.15) is 0 Å². The van der Waals surface area contributed by atoms with Gasteiger partial charge in [-0.25, -0.2) is 0 Å². The van der Waals surface area contributed by atoms with Gasteiger partial charge in [-0.1, -0.05) is 12.1 Å². The molecule has 0 unspecified atom stereocenters. The van der Waals surface area contributed by atoms with Crippen LogP contribution in [0.5, 0.6) is 5.75 Å². The van der Waals surface area contributed by atoms with Gasteiger partial charge in [0.15, 0.2) is 0 Å². The van der Waals surface area contributed by atoms with Crippen molar-refractivity contribution in [2.75, 3.05) is 18.6 Å². The van der Waals surface area contributed by atoms with Crippen LogP contribution in [0.3, 0.4) is 0 Å². The van der Waals surface area contributed by atoms with Crippen LogP contribution in [0, 0.1) is 0 Å². The van der Waals surface area contributed by atoms with Crippen LogP contribution in [-0.4, -0.2) is 17.8 Å². The minimum absolute atomic E-state index is 0.747. The Balaban J connectivity index is 1.86. The van der Waals surface area contributed by atoms with Crippen molar-refractivity contribution in [2.45, 2.75) is 11.3 Å². The molecule has 1 aromatic heterocycles. The number of nitrogens with zero attached hydrogens (tertiary/aromatic N) is 1. The first-order valence-electron chi connectivity index (χ1n) is 5.75. The Morgan fingerprint density at radius 1 is 1.22 bits per heavy atom. The van der Waals surface area contributed by atoms with Gasteiger partial charge < -0.3 is 10.5 Å². The van der Waals surface area contributed by atoms with Crippen molar-refractivity contribution >= 4 is 17.4 Å². The van der Waals surface area contributed by atoms with Crippen LogP contribution in [0.4, 0.5) is 5.69 Å². The molecule has 94 valence electrons. The van der Waals surface area contributed by atoms with Gasteiger partial charge in [-0.05, 0) is 30.2 Å². The summed E-state index contributed by atoms with van der Waals surface area (Å²) in [5, 5.41) is 0. The number of hydrogen-bond donors (Lipinski definition) is 1. The summed E-state index contributed by atoms with van der Waals surface area (Å²) >= 11 is 1.76. The molecular formula is C14H16N2OS. The van der Waals surface area contributed by atoms with Gasteiger partial charge >= 0.3 is 0 Å². The van der Waals surface area contributed by atoms with Crippen LogP contribution in [0.15, 0.2) is 47.6 Å². The molecule has 0 aliphatic heterocycles. The smallest absolute Gasteiger partial charge is 0.118 e. The molecule has 0 saturated heterocycles. The molecular weight excluding hydrogens is 244 g/mol. The van der Waals surface area contributed by atoms with E-state index >= 15 is 0 Å². The van der Waals surface area contributed by atoms with Crippen LogP contribution >= 0.6 is 11.8 Å². The number of hydrogen-bond acceptors (Lipinski definition) is 4. The van der Waals surface area contributed by atoms with Gasteiger partial charge in [-0.3, -0.25) is 4.98 Å². The normalized spacial score (nSPS) is 10.3. The molecule has 1 aromatic carbocycles. The Bertz CT molecular complexity index is 499. The Hall–Kier alpha value is -1.68. The molecule has 2 rings (SSSR count). The SMILES string of the molecule is COc1ccc(CCSc2ccncc2N)cc1. The molecule has 0 fully saturated rings. The highest BCUT2D eigenvalue weighted by Gasteiger charge is 2.00. The van der Waals surface area contributed by atoms with Gasteiger partial charge in [0.1, 0.15) is 5.75 Å². The summed E-state index contributed by atoms with van der Waals surface area (Å²) in [5.41, 5.74) is 7.89. The third-order valence-corrected chi connectivity index (χ3v) is 3.71. The lowest BCUT2D eigenvalue weighted by Gasteiger charge is -2.05. The molecule has 2 aromatic rings. The van der Waals surface area contributed by atoms with Gasteiger partial charge in [0.05, 0.1) is 19.0 Å². The van der Waals surface area contributed by atoms with Crippen molar-refractivity contribution in [3.8, 4) is 5.75 Å². The number of nitrogens with two attached hydrogens (primary N) is 1. The van der Waals surface area contributed by atoms with E-state index in [4.69, 9.17) is 10.5 Å². The number of nitrogen functional groups attached to an aromatic ring is 1. The molecule has 3 nitrogen and oxygen atoms in total. The zero-order valence-electron chi connectivity index (χ0n) is 10.3. The Morgan fingerprint density at radius 3 is 2.67 bits per heavy atom. The van der Waals surface area contributed by atoms with E-state index < -0.39 is 0 Å². The monoisotopic (exact) mass is 260 g/mol. The van der Waals surface area contributed by atoms with E-state index in [1.807, 2.05) is 18.2 Å². The number of anilines is 1. The van der Waals surface area contributed by atoms with Crippen molar-refractivity contribution in [1.82, 2.24) is 4.98 Å². The van der Waals surface area contributed by atoms with E-state index in [0.29, 0.717) is 0 Å². The highest BCUT2D eigenvalue weighted by Crippen LogP contribution is 2.24. The fourth-order valence-electron chi connectivity index (χ4n) is 1.60. The number of aromatic nitrogens is 1. The lowest BCUT2D eigenvalue weighted by molar-refractivity contribution is 0.414. The number of pyridine rings is 1. The number of rotatable bonds is 5. The second-order valence-electron chi connectivity index (χ2n) is 3.86. The summed E-state index contributed by atoms with van der Waals surface area (Å²) in [6.07, 6.45) is 4.47. The molecule has 0 aliphatic rings. The highest BCUT2D eigenvalue weighted by molar-refractivity contribution is 7.99. The zero-order valence-corrected chi connectivity index (χ0v) is 11.1. The second kappa shape index (κ2) is 6.31. The minimum atomic E-state index is 0.747. The molecule has 0 radical (unpaired) electrons. The van der Waals surface area contributed by atoms with Crippen LogP contribution in [0.2, 0.25) is 0 Å². The fourth-order valence-corrected chi connectivity index (χ4v) is 2.53. The predicted molar refractivity (Wildman–Crippen MR) is 76.1 cm³/mol. The van der Waals surface area contributed by atoms with Gasteiger partial charge in [0.25, 0.3) is 0 Å². The van der Waals surface area contributed by atoms with Crippen LogP contribution < -0.4 is 10.5 Å². The van der Waals surface area contributed by atoms with E-state index in [2.05, 4.69) is 17.1 Å². The molecule has 4 heteroatoms. The number of aryl methyl sites for hydroxylation is 1. The fraction of sp³-hybridized carbons (Fsp3) is 0.214. The van der Waals surface area contributed by atoms with E-state index in [0.717, 1.165) is 28.5 Å². The van der Waals surface area contributed by atoms with Crippen molar-refractivity contribution in [3.63, 3.8) is 0 Å². The van der Waals surface area contributed by atoms with Crippen molar-refractivity contribution in [1.29, 1.82) is 0 Å². The van der Waals surface area contributed by atoms with E-state index in [9.17, 15) is 0 Å². The average molecular weight is 260 g/mol. The molecule has 2 N–H and O–H groups in total. The Kier molecular flexibility index (Phi) is 4.47. The van der Waals surface area contributed by atoms with Gasteiger partial charge in [-0.15, -0.1) is 11.8 Å². The molecule has 0 saturated carbocycles. The zero-order chi connectivity index (χ0) is 12.8. The molecule has 18 heavy (non-hydrogen) atoms. The largest absolute Gasteiger partial charge is 0.497 e. The quantitative estimate of drug-likeness (QED) is 0.840. The lowest BCUT2D eigenvalue weighted by Crippen LogP contribution is -1.92. The summed E-state index contributed by atoms with van der Waals surface area (Å²) < 4.78 is 5.13. The summed E-state index contributed by atoms with van der Waals surface area (Å²) in [5.74, 6) is 1.89. The third kappa shape index (κ3) is 3.40. The first-order valence-corrected chi connectivity index (χ1v) is 6.73. The topological polar surface area (TPSA) is 48.1 Å². The number of ether oxygens (including phenoxy) is 1. The molecule has 0 amide bonds. The van der Waals surface area contributed by atoms with Crippen molar-refractivity contribution < 1.29 is 4.74 Å². The average Bonchev–Trinajstić information content (AvgIpc) is 2.42. The summed E-state index contributed by atoms with van der Waals surface area (Å²) in [6.45, 7) is 0. The van der Waals surface area contributed by atoms with E-state index in [1.165, 1.54) is 5.56 Å². The predicted octanol–water partition coefficient (Wildman–Crippen LogP) is 3.01. The summed E-state index contributed by atoms with van der Waals surface area (Å²) in [4.78, 5) is 5.07. The Labute approximate surface area is 111 Å². The van der Waals surface area contributed by atoms with Gasteiger partial charge in [0, 0.05) is 16.8 Å². The van der Waals surface area contributed by atoms with Gasteiger partial charge in [0.2, 0.25) is 0 Å². The van der Waals surface area contributed by atoms with E-state index in [1.54, 1.807) is 31.3 Å². The number of thioether (sulfide) groups is 1. The standard InChI is InChI=1S/C14H16N2OS/c1-17-12-4-2-11(3-5-12)7-9-18-14-6-8-16-10-13(14)15/h2-6,8,10H,7,9,15H2,1H3. The van der Waals surface area contributed by atoms with E-state index in [-0.39, 0.29) is 0 Å². The maximum absolute atomic E-state index is 5.84. The second-order valence-corrected chi connectivity index (χ2v) is 5.00. The van der Waals surface area contributed by atoms with Crippen molar-refractivity contribution in [3.05, 3.63) is 48.3 Å².